The highest BCUT2D eigenvalue weighted by Crippen LogP contribution is 2.16. The number of benzene rings is 1. The second kappa shape index (κ2) is 8.94. The highest BCUT2D eigenvalue weighted by molar-refractivity contribution is 5.97. The van der Waals surface area contributed by atoms with Gasteiger partial charge in [0.05, 0.1) is 17.2 Å². The topological polar surface area (TPSA) is 106 Å². The van der Waals surface area contributed by atoms with E-state index in [9.17, 15) is 14.4 Å². The molecular weight excluding hydrogens is 384 g/mol. The lowest BCUT2D eigenvalue weighted by molar-refractivity contribution is 0.0910. The summed E-state index contributed by atoms with van der Waals surface area (Å²) in [5, 5.41) is 5.96. The molecule has 0 saturated carbocycles. The minimum Gasteiger partial charge on any atom is -0.459 e. The average molecular weight is 408 g/mol. The van der Waals surface area contributed by atoms with Crippen LogP contribution in [0.5, 0.6) is 0 Å². The maximum absolute atomic E-state index is 12.9. The zero-order chi connectivity index (χ0) is 20.9. The fourth-order valence-corrected chi connectivity index (χ4v) is 3.69. The predicted molar refractivity (Wildman–Crippen MR) is 112 cm³/mol. The number of furan rings is 1. The minimum atomic E-state index is -0.332. The third kappa shape index (κ3) is 4.27. The fourth-order valence-electron chi connectivity index (χ4n) is 3.69. The van der Waals surface area contributed by atoms with Gasteiger partial charge in [0.15, 0.2) is 5.76 Å². The summed E-state index contributed by atoms with van der Waals surface area (Å²) in [5.41, 5.74) is 0.942. The first-order valence-electron chi connectivity index (χ1n) is 10.3. The van der Waals surface area contributed by atoms with Gasteiger partial charge < -0.3 is 15.1 Å². The van der Waals surface area contributed by atoms with E-state index < -0.39 is 0 Å². The van der Waals surface area contributed by atoms with Gasteiger partial charge in [0.2, 0.25) is 0 Å². The van der Waals surface area contributed by atoms with Gasteiger partial charge in [-0.25, -0.2) is 4.98 Å². The molecular formula is C22H24N4O4. The molecule has 3 aromatic rings. The van der Waals surface area contributed by atoms with Crippen LogP contribution in [0.25, 0.3) is 10.9 Å². The van der Waals surface area contributed by atoms with Crippen molar-refractivity contribution in [3.63, 3.8) is 0 Å². The molecule has 1 aromatic carbocycles. The largest absolute Gasteiger partial charge is 0.459 e. The number of carbonyl (C=O) groups is 2. The van der Waals surface area contributed by atoms with Gasteiger partial charge in [-0.05, 0) is 43.2 Å². The molecule has 0 fully saturated rings. The molecule has 156 valence electrons. The summed E-state index contributed by atoms with van der Waals surface area (Å²) in [6, 6.07) is 8.17. The van der Waals surface area contributed by atoms with Gasteiger partial charge in [-0.2, -0.15) is 0 Å². The maximum atomic E-state index is 12.9. The first-order chi connectivity index (χ1) is 14.6. The number of aromatic nitrogens is 2. The maximum Gasteiger partial charge on any atom is 0.287 e. The van der Waals surface area contributed by atoms with Crippen molar-refractivity contribution in [2.45, 2.75) is 38.6 Å². The zero-order valence-electron chi connectivity index (χ0n) is 16.6. The van der Waals surface area contributed by atoms with Crippen LogP contribution in [-0.2, 0) is 13.0 Å². The molecule has 1 aliphatic heterocycles. The number of aryl methyl sites for hydroxylation is 1. The SMILES string of the molecule is O=C(NCCNC(=O)c1ccco1)c1ccc2c(=O)n3c(nc2c1)CCCCCC3. The number of hydrogen-bond donors (Lipinski definition) is 2. The molecule has 3 heterocycles. The first-order valence-corrected chi connectivity index (χ1v) is 10.3. The third-order valence-corrected chi connectivity index (χ3v) is 5.27. The molecule has 2 aromatic heterocycles. The van der Waals surface area contributed by atoms with E-state index >= 15 is 0 Å². The molecule has 0 atom stereocenters. The summed E-state index contributed by atoms with van der Waals surface area (Å²) >= 11 is 0. The van der Waals surface area contributed by atoms with E-state index in [2.05, 4.69) is 15.6 Å². The Bertz CT molecular complexity index is 1120. The highest BCUT2D eigenvalue weighted by Gasteiger charge is 2.15. The Morgan fingerprint density at radius 1 is 1.03 bits per heavy atom. The standard InChI is InChI=1S/C22H24N4O4/c27-20(23-10-11-24-21(28)18-6-5-13-30-18)15-8-9-16-17(14-15)25-19-7-3-1-2-4-12-26(19)22(16)29/h5-6,8-9,13-14H,1-4,7,10-12H2,(H,23,27)(H,24,28). The van der Waals surface area contributed by atoms with E-state index in [-0.39, 0.29) is 36.2 Å². The molecule has 0 bridgehead atoms. The number of carbonyl (C=O) groups excluding carboxylic acids is 2. The van der Waals surface area contributed by atoms with Crippen molar-refractivity contribution in [1.29, 1.82) is 0 Å². The van der Waals surface area contributed by atoms with E-state index in [4.69, 9.17) is 4.42 Å². The van der Waals surface area contributed by atoms with Crippen molar-refractivity contribution in [2.75, 3.05) is 13.1 Å². The normalized spacial score (nSPS) is 13.9. The van der Waals surface area contributed by atoms with E-state index in [1.165, 1.54) is 6.26 Å². The van der Waals surface area contributed by atoms with Crippen LogP contribution in [0, 0.1) is 0 Å². The average Bonchev–Trinajstić information content (AvgIpc) is 3.27. The van der Waals surface area contributed by atoms with E-state index in [0.29, 0.717) is 23.0 Å². The van der Waals surface area contributed by atoms with Crippen LogP contribution in [0.15, 0.2) is 45.8 Å². The summed E-state index contributed by atoms with van der Waals surface area (Å²) < 4.78 is 6.79. The summed E-state index contributed by atoms with van der Waals surface area (Å²) in [7, 11) is 0. The Labute approximate surface area is 173 Å². The number of fused-ring (bicyclic) bond motifs is 2. The van der Waals surface area contributed by atoms with Crippen LogP contribution in [-0.4, -0.2) is 34.5 Å². The van der Waals surface area contributed by atoms with Gasteiger partial charge in [0, 0.05) is 31.6 Å². The van der Waals surface area contributed by atoms with Crippen LogP contribution in [0.1, 0.15) is 52.4 Å². The Kier molecular flexibility index (Phi) is 5.92. The van der Waals surface area contributed by atoms with E-state index in [1.54, 1.807) is 34.9 Å². The molecule has 1 aliphatic rings. The molecule has 4 rings (SSSR count). The molecule has 0 unspecified atom stereocenters. The molecule has 8 heteroatoms. The summed E-state index contributed by atoms with van der Waals surface area (Å²) in [6.07, 6.45) is 6.48. The fraction of sp³-hybridized carbons (Fsp3) is 0.364. The molecule has 0 radical (unpaired) electrons. The van der Waals surface area contributed by atoms with Crippen LogP contribution >= 0.6 is 0 Å². The number of nitrogens with one attached hydrogen (secondary N) is 2. The van der Waals surface area contributed by atoms with Gasteiger partial charge in [0.1, 0.15) is 5.82 Å². The molecule has 2 N–H and O–H groups in total. The van der Waals surface area contributed by atoms with Crippen molar-refractivity contribution < 1.29 is 14.0 Å². The summed E-state index contributed by atoms with van der Waals surface area (Å²) in [4.78, 5) is 41.8. The van der Waals surface area contributed by atoms with Crippen molar-refractivity contribution in [3.05, 3.63) is 64.1 Å². The zero-order valence-corrected chi connectivity index (χ0v) is 16.6. The van der Waals surface area contributed by atoms with Gasteiger partial charge in [-0.3, -0.25) is 19.0 Å². The molecule has 2 amide bonds. The number of hydrogen-bond acceptors (Lipinski definition) is 5. The molecule has 30 heavy (non-hydrogen) atoms. The lowest BCUT2D eigenvalue weighted by atomic mass is 10.1. The number of rotatable bonds is 5. The van der Waals surface area contributed by atoms with Crippen LogP contribution < -0.4 is 16.2 Å². The first kappa shape index (κ1) is 19.9. The smallest absolute Gasteiger partial charge is 0.287 e. The van der Waals surface area contributed by atoms with Crippen molar-refractivity contribution in [3.8, 4) is 0 Å². The van der Waals surface area contributed by atoms with Crippen LogP contribution in [0.3, 0.4) is 0 Å². The lowest BCUT2D eigenvalue weighted by Crippen LogP contribution is -2.34. The quantitative estimate of drug-likeness (QED) is 0.630. The van der Waals surface area contributed by atoms with Gasteiger partial charge in [0.25, 0.3) is 17.4 Å². The Balaban J connectivity index is 1.43. The van der Waals surface area contributed by atoms with Crippen LogP contribution in [0.4, 0.5) is 0 Å². The summed E-state index contributed by atoms with van der Waals surface area (Å²) in [6.45, 7) is 1.23. The highest BCUT2D eigenvalue weighted by atomic mass is 16.3. The Hall–Kier alpha value is -3.42. The van der Waals surface area contributed by atoms with Gasteiger partial charge >= 0.3 is 0 Å². The number of amides is 2. The molecule has 0 saturated heterocycles. The second-order valence-corrected chi connectivity index (χ2v) is 7.37. The van der Waals surface area contributed by atoms with Gasteiger partial charge in [-0.1, -0.05) is 12.8 Å². The Morgan fingerprint density at radius 3 is 2.63 bits per heavy atom. The molecule has 8 nitrogen and oxygen atoms in total. The van der Waals surface area contributed by atoms with Crippen molar-refractivity contribution >= 4 is 22.7 Å². The predicted octanol–water partition coefficient (Wildman–Crippen LogP) is 2.27. The Morgan fingerprint density at radius 2 is 1.83 bits per heavy atom. The second-order valence-electron chi connectivity index (χ2n) is 7.37. The van der Waals surface area contributed by atoms with Crippen LogP contribution in [0.2, 0.25) is 0 Å². The number of nitrogens with zero attached hydrogens (tertiary/aromatic N) is 2. The molecule has 0 aliphatic carbocycles. The van der Waals surface area contributed by atoms with E-state index in [1.807, 2.05) is 0 Å². The van der Waals surface area contributed by atoms with Crippen molar-refractivity contribution in [2.24, 2.45) is 0 Å². The molecule has 0 spiro atoms. The minimum absolute atomic E-state index is 0.0375. The lowest BCUT2D eigenvalue weighted by Gasteiger charge is -2.16. The van der Waals surface area contributed by atoms with E-state index in [0.717, 1.165) is 37.9 Å². The van der Waals surface area contributed by atoms with Gasteiger partial charge in [-0.15, -0.1) is 0 Å². The monoisotopic (exact) mass is 408 g/mol. The summed E-state index contributed by atoms with van der Waals surface area (Å²) in [5.74, 6) is 0.410. The van der Waals surface area contributed by atoms with Crippen molar-refractivity contribution in [1.82, 2.24) is 20.2 Å². The third-order valence-electron chi connectivity index (χ3n) is 5.27.